The molecule has 122 valence electrons. The van der Waals surface area contributed by atoms with Gasteiger partial charge < -0.3 is 4.74 Å². The smallest absolute Gasteiger partial charge is 0.191 e. The van der Waals surface area contributed by atoms with Crippen LogP contribution in [0, 0.1) is 5.92 Å². The minimum absolute atomic E-state index is 0.702. The van der Waals surface area contributed by atoms with Gasteiger partial charge in [0, 0.05) is 43.5 Å². The second-order valence-corrected chi connectivity index (χ2v) is 6.94. The molecule has 0 aromatic carbocycles. The van der Waals surface area contributed by atoms with E-state index in [9.17, 15) is 0 Å². The second kappa shape index (κ2) is 7.75. The van der Waals surface area contributed by atoms with Crippen molar-refractivity contribution in [3.05, 3.63) is 36.7 Å². The highest BCUT2D eigenvalue weighted by molar-refractivity contribution is 7.99. The minimum Gasteiger partial charge on any atom is -0.381 e. The third kappa shape index (κ3) is 4.20. The predicted molar refractivity (Wildman–Crippen MR) is 92.3 cm³/mol. The third-order valence-electron chi connectivity index (χ3n) is 3.87. The first-order valence-electron chi connectivity index (χ1n) is 7.92. The quantitative estimate of drug-likeness (QED) is 0.600. The van der Waals surface area contributed by atoms with Crippen molar-refractivity contribution in [2.75, 3.05) is 19.0 Å². The number of hydrogen-bond donors (Lipinski definition) is 0. The summed E-state index contributed by atoms with van der Waals surface area (Å²) >= 11 is 1.79. The zero-order valence-corrected chi connectivity index (χ0v) is 14.3. The lowest BCUT2D eigenvalue weighted by Gasteiger charge is -2.21. The van der Waals surface area contributed by atoms with Crippen LogP contribution in [0.2, 0.25) is 0 Å². The average molecular weight is 330 g/mol. The Morgan fingerprint density at radius 3 is 2.74 bits per heavy atom. The van der Waals surface area contributed by atoms with Crippen LogP contribution in [-0.2, 0) is 11.3 Å². The molecule has 1 fully saturated rings. The molecule has 0 radical (unpaired) electrons. The molecule has 0 amide bonds. The zero-order chi connectivity index (χ0) is 16.1. The van der Waals surface area contributed by atoms with Gasteiger partial charge in [-0.05, 0) is 37.8 Å². The first-order chi connectivity index (χ1) is 11.2. The number of aromatic nitrogens is 4. The van der Waals surface area contributed by atoms with Crippen molar-refractivity contribution in [3.63, 3.8) is 0 Å². The Balaban J connectivity index is 1.79. The molecule has 23 heavy (non-hydrogen) atoms. The van der Waals surface area contributed by atoms with Gasteiger partial charge in [0.25, 0.3) is 0 Å². The van der Waals surface area contributed by atoms with Crippen molar-refractivity contribution in [1.29, 1.82) is 0 Å². The molecule has 0 unspecified atom stereocenters. The van der Waals surface area contributed by atoms with Crippen LogP contribution in [0.4, 0.5) is 0 Å². The molecule has 0 saturated carbocycles. The molecule has 5 nitrogen and oxygen atoms in total. The van der Waals surface area contributed by atoms with Gasteiger partial charge in [-0.25, -0.2) is 0 Å². The SMILES string of the molecule is C=C(C)Cn1c(SCC2CCOCC2)nnc1-c1ccncc1. The van der Waals surface area contributed by atoms with Crippen LogP contribution in [-0.4, -0.2) is 38.7 Å². The molecule has 0 N–H and O–H groups in total. The summed E-state index contributed by atoms with van der Waals surface area (Å²) < 4.78 is 7.58. The first kappa shape index (κ1) is 16.2. The Hall–Kier alpha value is -1.66. The van der Waals surface area contributed by atoms with Crippen molar-refractivity contribution in [3.8, 4) is 11.4 Å². The Morgan fingerprint density at radius 2 is 2.04 bits per heavy atom. The van der Waals surface area contributed by atoms with Crippen LogP contribution in [0.15, 0.2) is 41.8 Å². The van der Waals surface area contributed by atoms with Crippen molar-refractivity contribution in [2.45, 2.75) is 31.5 Å². The predicted octanol–water partition coefficient (Wildman–Crippen LogP) is 3.43. The molecule has 2 aromatic heterocycles. The van der Waals surface area contributed by atoms with Crippen LogP contribution in [0.25, 0.3) is 11.4 Å². The molecule has 6 heteroatoms. The fraction of sp³-hybridized carbons (Fsp3) is 0.471. The van der Waals surface area contributed by atoms with Crippen LogP contribution in [0.5, 0.6) is 0 Å². The molecule has 3 heterocycles. The van der Waals surface area contributed by atoms with Crippen LogP contribution >= 0.6 is 11.8 Å². The summed E-state index contributed by atoms with van der Waals surface area (Å²) in [6.07, 6.45) is 5.84. The van der Waals surface area contributed by atoms with E-state index in [1.807, 2.05) is 19.1 Å². The van der Waals surface area contributed by atoms with Gasteiger partial charge in [0.05, 0.1) is 0 Å². The van der Waals surface area contributed by atoms with E-state index in [1.165, 1.54) is 0 Å². The second-order valence-electron chi connectivity index (χ2n) is 5.95. The fourth-order valence-electron chi connectivity index (χ4n) is 2.63. The van der Waals surface area contributed by atoms with Gasteiger partial charge in [-0.15, -0.1) is 10.2 Å². The van der Waals surface area contributed by atoms with Gasteiger partial charge in [-0.3, -0.25) is 9.55 Å². The summed E-state index contributed by atoms with van der Waals surface area (Å²) in [7, 11) is 0. The van der Waals surface area contributed by atoms with Crippen LogP contribution < -0.4 is 0 Å². The largest absolute Gasteiger partial charge is 0.381 e. The number of pyridine rings is 1. The molecule has 0 atom stereocenters. The Labute approximate surface area is 141 Å². The maximum atomic E-state index is 5.43. The highest BCUT2D eigenvalue weighted by Crippen LogP contribution is 2.28. The van der Waals surface area contributed by atoms with E-state index in [4.69, 9.17) is 4.74 Å². The molecule has 0 spiro atoms. The summed E-state index contributed by atoms with van der Waals surface area (Å²) in [5, 5.41) is 9.78. The molecule has 0 bridgehead atoms. The van der Waals surface area contributed by atoms with Crippen molar-refractivity contribution in [1.82, 2.24) is 19.7 Å². The summed E-state index contributed by atoms with van der Waals surface area (Å²) in [4.78, 5) is 4.07. The van der Waals surface area contributed by atoms with E-state index in [0.717, 1.165) is 60.5 Å². The summed E-state index contributed by atoms with van der Waals surface area (Å²) in [5.74, 6) is 2.64. The maximum Gasteiger partial charge on any atom is 0.191 e. The van der Waals surface area contributed by atoms with Gasteiger partial charge >= 0.3 is 0 Å². The monoisotopic (exact) mass is 330 g/mol. The molecule has 1 aliphatic heterocycles. The van der Waals surface area contributed by atoms with Crippen molar-refractivity contribution < 1.29 is 4.74 Å². The first-order valence-corrected chi connectivity index (χ1v) is 8.91. The molecule has 3 rings (SSSR count). The van der Waals surface area contributed by atoms with Crippen molar-refractivity contribution >= 4 is 11.8 Å². The van der Waals surface area contributed by atoms with E-state index in [1.54, 1.807) is 24.2 Å². The van der Waals surface area contributed by atoms with Gasteiger partial charge in [-0.1, -0.05) is 23.9 Å². The summed E-state index contributed by atoms with van der Waals surface area (Å²) in [6, 6.07) is 3.93. The van der Waals surface area contributed by atoms with Crippen LogP contribution in [0.3, 0.4) is 0 Å². The summed E-state index contributed by atoms with van der Waals surface area (Å²) in [5.41, 5.74) is 2.12. The maximum absolute atomic E-state index is 5.43. The zero-order valence-electron chi connectivity index (χ0n) is 13.4. The Bertz CT molecular complexity index is 650. The van der Waals surface area contributed by atoms with Crippen molar-refractivity contribution in [2.24, 2.45) is 5.92 Å². The lowest BCUT2D eigenvalue weighted by atomic mass is 10.0. The molecule has 1 aliphatic rings. The lowest BCUT2D eigenvalue weighted by molar-refractivity contribution is 0.0727. The topological polar surface area (TPSA) is 52.8 Å². The minimum atomic E-state index is 0.702. The van der Waals surface area contributed by atoms with Gasteiger partial charge in [-0.2, -0.15) is 0 Å². The van der Waals surface area contributed by atoms with Gasteiger partial charge in [0.15, 0.2) is 11.0 Å². The molecule has 2 aromatic rings. The highest BCUT2D eigenvalue weighted by Gasteiger charge is 2.18. The fourth-order valence-corrected chi connectivity index (χ4v) is 3.75. The molecular weight excluding hydrogens is 308 g/mol. The number of allylic oxidation sites excluding steroid dienone is 1. The Kier molecular flexibility index (Phi) is 5.46. The van der Waals surface area contributed by atoms with E-state index in [2.05, 4.69) is 26.3 Å². The van der Waals surface area contributed by atoms with E-state index < -0.39 is 0 Å². The molecule has 1 saturated heterocycles. The highest BCUT2D eigenvalue weighted by atomic mass is 32.2. The third-order valence-corrected chi connectivity index (χ3v) is 5.07. The average Bonchev–Trinajstić information content (AvgIpc) is 2.97. The number of thioether (sulfide) groups is 1. The number of rotatable bonds is 6. The number of nitrogens with zero attached hydrogens (tertiary/aromatic N) is 4. The van der Waals surface area contributed by atoms with Gasteiger partial charge in [0.2, 0.25) is 0 Å². The normalized spacial score (nSPS) is 15.7. The van der Waals surface area contributed by atoms with E-state index >= 15 is 0 Å². The summed E-state index contributed by atoms with van der Waals surface area (Å²) in [6.45, 7) is 8.57. The molecular formula is C17H22N4OS. The lowest BCUT2D eigenvalue weighted by Crippen LogP contribution is -2.17. The van der Waals surface area contributed by atoms with E-state index in [-0.39, 0.29) is 0 Å². The van der Waals surface area contributed by atoms with Gasteiger partial charge in [0.1, 0.15) is 0 Å². The van der Waals surface area contributed by atoms with Crippen LogP contribution in [0.1, 0.15) is 19.8 Å². The standard InChI is InChI=1S/C17H22N4OS/c1-13(2)11-21-16(15-3-7-18-8-4-15)19-20-17(21)23-12-14-5-9-22-10-6-14/h3-4,7-8,14H,1,5-6,9-12H2,2H3. The number of hydrogen-bond acceptors (Lipinski definition) is 5. The van der Waals surface area contributed by atoms with E-state index in [0.29, 0.717) is 5.92 Å². The molecule has 0 aliphatic carbocycles. The Morgan fingerprint density at radius 1 is 1.30 bits per heavy atom. The number of ether oxygens (including phenoxy) is 1.